The molecule has 2 rings (SSSR count). The van der Waals surface area contributed by atoms with Crippen LogP contribution < -0.4 is 0 Å². The van der Waals surface area contributed by atoms with Gasteiger partial charge >= 0.3 is 12.4 Å². The second kappa shape index (κ2) is 5.18. The van der Waals surface area contributed by atoms with Crippen LogP contribution in [0.2, 0.25) is 0 Å². The van der Waals surface area contributed by atoms with Crippen molar-refractivity contribution in [3.05, 3.63) is 29.3 Å². The summed E-state index contributed by atoms with van der Waals surface area (Å²) in [7, 11) is -4.07. The van der Waals surface area contributed by atoms with Crippen LogP contribution in [0, 0.1) is 0 Å². The summed E-state index contributed by atoms with van der Waals surface area (Å²) < 4.78 is 99.8. The Morgan fingerprint density at radius 3 is 1.83 bits per heavy atom. The van der Waals surface area contributed by atoms with Crippen LogP contribution in [-0.4, -0.2) is 34.9 Å². The first-order valence-corrected chi connectivity index (χ1v) is 7.47. The predicted molar refractivity (Wildman–Crippen MR) is 62.3 cm³/mol. The molecule has 0 saturated carbocycles. The van der Waals surface area contributed by atoms with E-state index in [-0.39, 0.29) is 6.07 Å². The minimum Gasteiger partial charge on any atom is -0.221 e. The van der Waals surface area contributed by atoms with Gasteiger partial charge in [0.15, 0.2) is 0 Å². The summed E-state index contributed by atoms with van der Waals surface area (Å²) >= 11 is 0. The van der Waals surface area contributed by atoms with Crippen LogP contribution in [-0.2, 0) is 22.2 Å². The summed E-state index contributed by atoms with van der Waals surface area (Å²) in [4.78, 5) is 0. The van der Waals surface area contributed by atoms with Crippen molar-refractivity contribution in [2.75, 3.05) is 6.26 Å². The van der Waals surface area contributed by atoms with Gasteiger partial charge in [0.25, 0.3) is 5.16 Å². The summed E-state index contributed by atoms with van der Waals surface area (Å²) in [6.07, 6.45) is -9.49. The Morgan fingerprint density at radius 1 is 0.957 bits per heavy atom. The maximum absolute atomic E-state index is 12.8. The Bertz CT molecular complexity index is 808. The number of nitrogens with zero attached hydrogens (tertiary/aromatic N) is 4. The molecule has 23 heavy (non-hydrogen) atoms. The highest BCUT2D eigenvalue weighted by molar-refractivity contribution is 7.90. The van der Waals surface area contributed by atoms with Crippen LogP contribution in [0.5, 0.6) is 0 Å². The number of benzene rings is 1. The molecule has 0 aliphatic carbocycles. The highest BCUT2D eigenvalue weighted by Gasteiger charge is 2.37. The van der Waals surface area contributed by atoms with Crippen LogP contribution >= 0.6 is 0 Å². The van der Waals surface area contributed by atoms with Gasteiger partial charge in [-0.05, 0) is 28.6 Å². The molecule has 0 aliphatic heterocycles. The lowest BCUT2D eigenvalue weighted by molar-refractivity contribution is -0.143. The highest BCUT2D eigenvalue weighted by atomic mass is 32.2. The maximum atomic E-state index is 12.8. The summed E-state index contributed by atoms with van der Waals surface area (Å²) in [5.74, 6) is 0. The van der Waals surface area contributed by atoms with E-state index < -0.39 is 44.2 Å². The first-order chi connectivity index (χ1) is 10.3. The Labute approximate surface area is 124 Å². The van der Waals surface area contributed by atoms with E-state index in [4.69, 9.17) is 0 Å². The molecule has 0 unspecified atom stereocenters. The van der Waals surface area contributed by atoms with Crippen LogP contribution in [0.4, 0.5) is 26.3 Å². The van der Waals surface area contributed by atoms with Gasteiger partial charge in [-0.3, -0.25) is 0 Å². The average Bonchev–Trinajstić information content (AvgIpc) is 2.85. The molecule has 0 aliphatic rings. The van der Waals surface area contributed by atoms with E-state index in [1.54, 1.807) is 0 Å². The molecule has 0 N–H and O–H groups in total. The van der Waals surface area contributed by atoms with E-state index in [1.165, 1.54) is 0 Å². The standard InChI is InChI=1S/C10H6F6N4O2S/c1-23(21,22)8-17-18-19-20(8)7-3-5(9(11,12)13)2-6(4-7)10(14,15)16/h2-4H,1H3. The number of tetrazole rings is 1. The molecule has 13 heteroatoms. The van der Waals surface area contributed by atoms with Gasteiger partial charge < -0.3 is 0 Å². The molecule has 0 saturated heterocycles. The molecule has 6 nitrogen and oxygen atoms in total. The zero-order valence-corrected chi connectivity index (χ0v) is 11.8. The van der Waals surface area contributed by atoms with Crippen molar-refractivity contribution in [3.8, 4) is 5.69 Å². The molecular formula is C10H6F6N4O2S. The van der Waals surface area contributed by atoms with Crippen molar-refractivity contribution in [1.82, 2.24) is 20.2 Å². The van der Waals surface area contributed by atoms with Gasteiger partial charge in [-0.2, -0.15) is 31.0 Å². The second-order valence-electron chi connectivity index (χ2n) is 4.41. The maximum Gasteiger partial charge on any atom is 0.416 e. The number of hydrogen-bond donors (Lipinski definition) is 0. The molecule has 1 heterocycles. The third kappa shape index (κ3) is 3.60. The van der Waals surface area contributed by atoms with Crippen molar-refractivity contribution < 1.29 is 34.8 Å². The van der Waals surface area contributed by atoms with Crippen molar-refractivity contribution in [1.29, 1.82) is 0 Å². The number of aromatic nitrogens is 4. The third-order valence-corrected chi connectivity index (χ3v) is 3.51. The highest BCUT2D eigenvalue weighted by Crippen LogP contribution is 2.37. The van der Waals surface area contributed by atoms with E-state index in [2.05, 4.69) is 15.5 Å². The summed E-state index contributed by atoms with van der Waals surface area (Å²) in [5.41, 5.74) is -4.01. The van der Waals surface area contributed by atoms with E-state index in [9.17, 15) is 34.8 Å². The molecule has 1 aromatic heterocycles. The smallest absolute Gasteiger partial charge is 0.221 e. The molecule has 0 atom stereocenters. The fourth-order valence-corrected chi connectivity index (χ4v) is 2.27. The largest absolute Gasteiger partial charge is 0.416 e. The monoisotopic (exact) mass is 360 g/mol. The van der Waals surface area contributed by atoms with Crippen LogP contribution in [0.1, 0.15) is 11.1 Å². The van der Waals surface area contributed by atoms with Crippen LogP contribution in [0.3, 0.4) is 0 Å². The Kier molecular flexibility index (Phi) is 3.87. The normalized spacial score (nSPS) is 13.3. The number of hydrogen-bond acceptors (Lipinski definition) is 5. The van der Waals surface area contributed by atoms with E-state index in [0.29, 0.717) is 23.1 Å². The summed E-state index contributed by atoms with van der Waals surface area (Å²) in [6.45, 7) is 0. The van der Waals surface area contributed by atoms with Crippen LogP contribution in [0.15, 0.2) is 23.4 Å². The number of sulfone groups is 1. The zero-order chi connectivity index (χ0) is 17.6. The first kappa shape index (κ1) is 17.2. The minimum absolute atomic E-state index is 0.0893. The van der Waals surface area contributed by atoms with Gasteiger partial charge in [0.05, 0.1) is 16.8 Å². The lowest BCUT2D eigenvalue weighted by atomic mass is 10.1. The van der Waals surface area contributed by atoms with Crippen molar-refractivity contribution in [3.63, 3.8) is 0 Å². The Balaban J connectivity index is 2.76. The lowest BCUT2D eigenvalue weighted by Crippen LogP contribution is -2.14. The van der Waals surface area contributed by atoms with Gasteiger partial charge in [-0.25, -0.2) is 8.42 Å². The average molecular weight is 360 g/mol. The fraction of sp³-hybridized carbons (Fsp3) is 0.300. The Hall–Kier alpha value is -2.18. The molecule has 2 aromatic rings. The molecule has 0 radical (unpaired) electrons. The van der Waals surface area contributed by atoms with Gasteiger partial charge in [0.2, 0.25) is 9.84 Å². The third-order valence-electron chi connectivity index (χ3n) is 2.59. The molecule has 126 valence electrons. The van der Waals surface area contributed by atoms with Crippen molar-refractivity contribution >= 4 is 9.84 Å². The quantitative estimate of drug-likeness (QED) is 0.767. The molecule has 1 aromatic carbocycles. The molecule has 0 spiro atoms. The number of halogens is 6. The van der Waals surface area contributed by atoms with Gasteiger partial charge in [-0.15, -0.1) is 0 Å². The van der Waals surface area contributed by atoms with Crippen molar-refractivity contribution in [2.45, 2.75) is 17.5 Å². The van der Waals surface area contributed by atoms with Crippen molar-refractivity contribution in [2.24, 2.45) is 0 Å². The number of alkyl halides is 6. The van der Waals surface area contributed by atoms with E-state index >= 15 is 0 Å². The predicted octanol–water partition coefficient (Wildman–Crippen LogP) is 2.10. The lowest BCUT2D eigenvalue weighted by Gasteiger charge is -2.14. The van der Waals surface area contributed by atoms with Crippen LogP contribution in [0.25, 0.3) is 5.69 Å². The second-order valence-corrected chi connectivity index (χ2v) is 6.32. The summed E-state index contributed by atoms with van der Waals surface area (Å²) in [5, 5.41) is 8.33. The minimum atomic E-state index is -5.07. The van der Waals surface area contributed by atoms with E-state index in [0.717, 1.165) is 0 Å². The first-order valence-electron chi connectivity index (χ1n) is 5.58. The van der Waals surface area contributed by atoms with Gasteiger partial charge in [0, 0.05) is 6.26 Å². The topological polar surface area (TPSA) is 77.7 Å². The molecule has 0 amide bonds. The molecular weight excluding hydrogens is 354 g/mol. The molecule has 0 fully saturated rings. The van der Waals surface area contributed by atoms with Gasteiger partial charge in [0.1, 0.15) is 0 Å². The fourth-order valence-electron chi connectivity index (χ4n) is 1.63. The van der Waals surface area contributed by atoms with Gasteiger partial charge in [-0.1, -0.05) is 5.10 Å². The van der Waals surface area contributed by atoms with E-state index in [1.807, 2.05) is 0 Å². The number of rotatable bonds is 2. The SMILES string of the molecule is CS(=O)(=O)c1nnnn1-c1cc(C(F)(F)F)cc(C(F)(F)F)c1. The summed E-state index contributed by atoms with van der Waals surface area (Å²) in [6, 6.07) is 0.550. The Morgan fingerprint density at radius 2 is 1.43 bits per heavy atom. The zero-order valence-electron chi connectivity index (χ0n) is 11.0. The molecule has 0 bridgehead atoms.